The fourth-order valence-electron chi connectivity index (χ4n) is 1.51. The third-order valence-corrected chi connectivity index (χ3v) is 2.93. The topological polar surface area (TPSA) is 55.1 Å². The standard InChI is InChI=1S/C13H9BrF2N2O/c14-7-1-3-11(17)9(5-7)13(19)18-12-4-2-8(15)6-10(12)16/h1-6H,17H2,(H,18,19). The number of carbonyl (C=O) groups is 1. The van der Waals surface area contributed by atoms with Crippen LogP contribution in [0.2, 0.25) is 0 Å². The molecule has 0 aromatic heterocycles. The largest absolute Gasteiger partial charge is 0.398 e. The Kier molecular flexibility index (Phi) is 3.80. The van der Waals surface area contributed by atoms with E-state index in [1.165, 1.54) is 6.07 Å². The van der Waals surface area contributed by atoms with Gasteiger partial charge in [-0.3, -0.25) is 4.79 Å². The SMILES string of the molecule is Nc1ccc(Br)cc1C(=O)Nc1ccc(F)cc1F. The van der Waals surface area contributed by atoms with Gasteiger partial charge in [0.2, 0.25) is 0 Å². The molecule has 0 heterocycles. The van der Waals surface area contributed by atoms with Gasteiger partial charge in [0.25, 0.3) is 5.91 Å². The number of hydrogen-bond acceptors (Lipinski definition) is 2. The van der Waals surface area contributed by atoms with E-state index in [4.69, 9.17) is 5.73 Å². The highest BCUT2D eigenvalue weighted by molar-refractivity contribution is 9.10. The number of hydrogen-bond donors (Lipinski definition) is 2. The highest BCUT2D eigenvalue weighted by Crippen LogP contribution is 2.21. The molecule has 0 aliphatic carbocycles. The maximum atomic E-state index is 13.4. The molecule has 3 nitrogen and oxygen atoms in total. The lowest BCUT2D eigenvalue weighted by Gasteiger charge is -2.08. The summed E-state index contributed by atoms with van der Waals surface area (Å²) in [6, 6.07) is 7.66. The molecule has 2 aromatic rings. The molecule has 3 N–H and O–H groups in total. The van der Waals surface area contributed by atoms with E-state index in [-0.39, 0.29) is 16.9 Å². The Morgan fingerprint density at radius 1 is 1.16 bits per heavy atom. The van der Waals surface area contributed by atoms with Crippen molar-refractivity contribution in [2.75, 3.05) is 11.1 Å². The van der Waals surface area contributed by atoms with Gasteiger partial charge in [-0.25, -0.2) is 8.78 Å². The van der Waals surface area contributed by atoms with E-state index < -0.39 is 17.5 Å². The van der Waals surface area contributed by atoms with E-state index in [1.54, 1.807) is 12.1 Å². The zero-order chi connectivity index (χ0) is 14.0. The Bertz CT molecular complexity index is 647. The Morgan fingerprint density at radius 3 is 2.58 bits per heavy atom. The summed E-state index contributed by atoms with van der Waals surface area (Å²) in [7, 11) is 0. The molecule has 0 bridgehead atoms. The Hall–Kier alpha value is -1.95. The highest BCUT2D eigenvalue weighted by atomic mass is 79.9. The molecule has 2 aromatic carbocycles. The Balaban J connectivity index is 2.28. The normalized spacial score (nSPS) is 10.3. The number of amides is 1. The second-order valence-electron chi connectivity index (χ2n) is 3.81. The second-order valence-corrected chi connectivity index (χ2v) is 4.73. The minimum Gasteiger partial charge on any atom is -0.398 e. The van der Waals surface area contributed by atoms with Crippen LogP contribution in [0, 0.1) is 11.6 Å². The van der Waals surface area contributed by atoms with Gasteiger partial charge < -0.3 is 11.1 Å². The Labute approximate surface area is 116 Å². The molecule has 1 amide bonds. The Morgan fingerprint density at radius 2 is 1.89 bits per heavy atom. The molecule has 0 saturated carbocycles. The molecular formula is C13H9BrF2N2O. The van der Waals surface area contributed by atoms with Crippen LogP contribution in [0.4, 0.5) is 20.2 Å². The van der Waals surface area contributed by atoms with E-state index >= 15 is 0 Å². The number of anilines is 2. The third-order valence-electron chi connectivity index (χ3n) is 2.44. The van der Waals surface area contributed by atoms with Crippen LogP contribution in [0.5, 0.6) is 0 Å². The van der Waals surface area contributed by atoms with E-state index in [2.05, 4.69) is 21.2 Å². The molecule has 2 rings (SSSR count). The number of rotatable bonds is 2. The predicted octanol–water partition coefficient (Wildman–Crippen LogP) is 3.56. The molecule has 0 saturated heterocycles. The van der Waals surface area contributed by atoms with Gasteiger partial charge in [-0.15, -0.1) is 0 Å². The first-order valence-electron chi connectivity index (χ1n) is 5.29. The molecule has 0 radical (unpaired) electrons. The average Bonchev–Trinajstić information content (AvgIpc) is 2.35. The zero-order valence-corrected chi connectivity index (χ0v) is 11.2. The number of nitrogen functional groups attached to an aromatic ring is 1. The van der Waals surface area contributed by atoms with E-state index in [9.17, 15) is 13.6 Å². The van der Waals surface area contributed by atoms with Crippen LogP contribution in [0.15, 0.2) is 40.9 Å². The summed E-state index contributed by atoms with van der Waals surface area (Å²) >= 11 is 3.21. The smallest absolute Gasteiger partial charge is 0.257 e. The van der Waals surface area contributed by atoms with Crippen LogP contribution < -0.4 is 11.1 Å². The van der Waals surface area contributed by atoms with Crippen LogP contribution in [0.1, 0.15) is 10.4 Å². The number of nitrogens with one attached hydrogen (secondary N) is 1. The number of nitrogens with two attached hydrogens (primary N) is 1. The summed E-state index contributed by atoms with van der Waals surface area (Å²) in [6.45, 7) is 0. The summed E-state index contributed by atoms with van der Waals surface area (Å²) in [5.74, 6) is -2.12. The van der Waals surface area contributed by atoms with Crippen molar-refractivity contribution in [1.82, 2.24) is 0 Å². The first-order chi connectivity index (χ1) is 8.97. The highest BCUT2D eigenvalue weighted by Gasteiger charge is 2.13. The molecule has 0 atom stereocenters. The quantitative estimate of drug-likeness (QED) is 0.829. The van der Waals surface area contributed by atoms with Gasteiger partial charge in [-0.2, -0.15) is 0 Å². The molecule has 0 fully saturated rings. The number of benzene rings is 2. The van der Waals surface area contributed by atoms with E-state index in [0.29, 0.717) is 10.5 Å². The van der Waals surface area contributed by atoms with Crippen molar-refractivity contribution in [3.05, 3.63) is 58.1 Å². The van der Waals surface area contributed by atoms with Gasteiger partial charge in [-0.1, -0.05) is 15.9 Å². The molecule has 0 aliphatic heterocycles. The van der Waals surface area contributed by atoms with Gasteiger partial charge in [0.15, 0.2) is 0 Å². The summed E-state index contributed by atoms with van der Waals surface area (Å²) in [4.78, 5) is 12.0. The van der Waals surface area contributed by atoms with Crippen LogP contribution in [0.3, 0.4) is 0 Å². The third kappa shape index (κ3) is 3.08. The van der Waals surface area contributed by atoms with Gasteiger partial charge in [0.05, 0.1) is 11.3 Å². The fraction of sp³-hybridized carbons (Fsp3) is 0. The first kappa shape index (κ1) is 13.5. The van der Waals surface area contributed by atoms with Crippen molar-refractivity contribution < 1.29 is 13.6 Å². The molecule has 98 valence electrons. The lowest BCUT2D eigenvalue weighted by molar-refractivity contribution is 0.102. The molecule has 0 aliphatic rings. The summed E-state index contributed by atoms with van der Waals surface area (Å²) in [5, 5.41) is 2.34. The molecule has 0 unspecified atom stereocenters. The summed E-state index contributed by atoms with van der Waals surface area (Å²) < 4.78 is 26.8. The van der Waals surface area contributed by atoms with Gasteiger partial charge >= 0.3 is 0 Å². The van der Waals surface area contributed by atoms with E-state index in [0.717, 1.165) is 12.1 Å². The lowest BCUT2D eigenvalue weighted by atomic mass is 10.1. The monoisotopic (exact) mass is 326 g/mol. The zero-order valence-electron chi connectivity index (χ0n) is 9.58. The maximum absolute atomic E-state index is 13.4. The predicted molar refractivity (Wildman–Crippen MR) is 72.9 cm³/mol. The summed E-state index contributed by atoms with van der Waals surface area (Å²) in [5.41, 5.74) is 6.04. The van der Waals surface area contributed by atoms with Crippen molar-refractivity contribution in [3.63, 3.8) is 0 Å². The number of carbonyl (C=O) groups excluding carboxylic acids is 1. The number of halogens is 3. The molecular weight excluding hydrogens is 318 g/mol. The molecule has 6 heteroatoms. The van der Waals surface area contributed by atoms with Crippen LogP contribution in [-0.2, 0) is 0 Å². The van der Waals surface area contributed by atoms with Gasteiger partial charge in [-0.05, 0) is 30.3 Å². The lowest BCUT2D eigenvalue weighted by Crippen LogP contribution is -2.15. The van der Waals surface area contributed by atoms with Crippen LogP contribution in [0.25, 0.3) is 0 Å². The second kappa shape index (κ2) is 5.36. The first-order valence-corrected chi connectivity index (χ1v) is 6.08. The van der Waals surface area contributed by atoms with Crippen molar-refractivity contribution in [2.24, 2.45) is 0 Å². The summed E-state index contributed by atoms with van der Waals surface area (Å²) in [6.07, 6.45) is 0. The molecule has 19 heavy (non-hydrogen) atoms. The molecule has 0 spiro atoms. The van der Waals surface area contributed by atoms with Crippen molar-refractivity contribution >= 4 is 33.2 Å². The van der Waals surface area contributed by atoms with Crippen LogP contribution in [-0.4, -0.2) is 5.91 Å². The van der Waals surface area contributed by atoms with Crippen molar-refractivity contribution in [2.45, 2.75) is 0 Å². The van der Waals surface area contributed by atoms with Gasteiger partial charge in [0.1, 0.15) is 11.6 Å². The van der Waals surface area contributed by atoms with E-state index in [1.807, 2.05) is 0 Å². The minimum atomic E-state index is -0.845. The van der Waals surface area contributed by atoms with Crippen molar-refractivity contribution in [3.8, 4) is 0 Å². The van der Waals surface area contributed by atoms with Gasteiger partial charge in [0, 0.05) is 16.2 Å². The van der Waals surface area contributed by atoms with Crippen molar-refractivity contribution in [1.29, 1.82) is 0 Å². The average molecular weight is 327 g/mol. The maximum Gasteiger partial charge on any atom is 0.257 e. The fourth-order valence-corrected chi connectivity index (χ4v) is 1.87. The van der Waals surface area contributed by atoms with Crippen LogP contribution >= 0.6 is 15.9 Å². The minimum absolute atomic E-state index is 0.106.